The van der Waals surface area contributed by atoms with Crippen LogP contribution in [-0.2, 0) is 0 Å². The Bertz CT molecular complexity index is 915. The number of imidazole rings is 1. The first-order valence-electron chi connectivity index (χ1n) is 6.91. The topological polar surface area (TPSA) is 97.7 Å². The maximum absolute atomic E-state index is 11.0. The zero-order valence-corrected chi connectivity index (χ0v) is 12.6. The van der Waals surface area contributed by atoms with Crippen LogP contribution in [0.4, 0.5) is 11.5 Å². The minimum Gasteiger partial charge on any atom is -0.298 e. The molecule has 0 saturated heterocycles. The summed E-state index contributed by atoms with van der Waals surface area (Å²) < 4.78 is 1.89. The number of hydrogen-bond donors (Lipinski definition) is 1. The summed E-state index contributed by atoms with van der Waals surface area (Å²) in [6.07, 6.45) is 3.45. The molecule has 8 nitrogen and oxygen atoms in total. The van der Waals surface area contributed by atoms with Crippen LogP contribution in [-0.4, -0.2) is 25.5 Å². The van der Waals surface area contributed by atoms with E-state index < -0.39 is 4.92 Å². The van der Waals surface area contributed by atoms with Crippen LogP contribution in [0.15, 0.2) is 41.6 Å². The molecule has 3 rings (SSSR count). The number of hydrazone groups is 1. The first kappa shape index (κ1) is 14.6. The van der Waals surface area contributed by atoms with Gasteiger partial charge in [0.25, 0.3) is 0 Å². The maximum Gasteiger partial charge on any atom is 0.313 e. The molecule has 1 N–H and O–H groups in total. The van der Waals surface area contributed by atoms with Gasteiger partial charge in [-0.3, -0.25) is 19.9 Å². The Morgan fingerprint density at radius 1 is 1.26 bits per heavy atom. The van der Waals surface area contributed by atoms with E-state index in [0.717, 1.165) is 17.0 Å². The number of nitrogens with one attached hydrogen (secondary N) is 1. The Labute approximate surface area is 131 Å². The zero-order chi connectivity index (χ0) is 16.4. The second-order valence-corrected chi connectivity index (χ2v) is 4.96. The molecule has 0 atom stereocenters. The minimum atomic E-state index is -0.496. The van der Waals surface area contributed by atoms with Crippen LogP contribution < -0.4 is 5.43 Å². The van der Waals surface area contributed by atoms with E-state index in [2.05, 4.69) is 20.5 Å². The highest BCUT2D eigenvalue weighted by molar-refractivity contribution is 5.81. The summed E-state index contributed by atoms with van der Waals surface area (Å²) in [5.74, 6) is 0.109. The standard InChI is InChI=1S/C15H14N6O2/c1-10-6-7-12(21(22)23)15(17-10)19-16-9-13-11(2)18-14-5-3-4-8-20(13)14/h3-9H,1-2H3,(H,17,19)/b16-9-. The lowest BCUT2D eigenvalue weighted by atomic mass is 10.3. The van der Waals surface area contributed by atoms with E-state index in [1.165, 1.54) is 6.07 Å². The first-order chi connectivity index (χ1) is 11.1. The SMILES string of the molecule is Cc1ccc([N+](=O)[O-])c(N/N=C\c2c(C)nc3ccccn23)n1. The Morgan fingerprint density at radius 2 is 2.09 bits per heavy atom. The molecule has 3 aromatic rings. The summed E-state index contributed by atoms with van der Waals surface area (Å²) in [4.78, 5) is 19.0. The van der Waals surface area contributed by atoms with Crippen LogP contribution in [0.1, 0.15) is 17.1 Å². The number of nitrogens with zero attached hydrogens (tertiary/aromatic N) is 5. The molecule has 116 valence electrons. The van der Waals surface area contributed by atoms with Crippen molar-refractivity contribution < 1.29 is 4.92 Å². The van der Waals surface area contributed by atoms with E-state index in [-0.39, 0.29) is 11.5 Å². The molecule has 0 aromatic carbocycles. The average Bonchev–Trinajstić information content (AvgIpc) is 2.83. The Balaban J connectivity index is 1.91. The summed E-state index contributed by atoms with van der Waals surface area (Å²) in [5.41, 5.74) is 5.60. The van der Waals surface area contributed by atoms with Gasteiger partial charge in [0.05, 0.1) is 22.5 Å². The molecule has 0 aliphatic rings. The third-order valence-corrected chi connectivity index (χ3v) is 3.32. The van der Waals surface area contributed by atoms with Gasteiger partial charge in [0, 0.05) is 18.0 Å². The summed E-state index contributed by atoms with van der Waals surface area (Å²) in [7, 11) is 0. The number of aromatic nitrogens is 3. The lowest BCUT2D eigenvalue weighted by Crippen LogP contribution is -2.01. The minimum absolute atomic E-state index is 0.109. The molecular formula is C15H14N6O2. The highest BCUT2D eigenvalue weighted by Crippen LogP contribution is 2.21. The molecule has 0 aliphatic heterocycles. The summed E-state index contributed by atoms with van der Waals surface area (Å²) in [5, 5.41) is 15.1. The predicted molar refractivity (Wildman–Crippen MR) is 86.8 cm³/mol. The molecule has 23 heavy (non-hydrogen) atoms. The van der Waals surface area contributed by atoms with Crippen molar-refractivity contribution >= 4 is 23.4 Å². The monoisotopic (exact) mass is 310 g/mol. The molecule has 0 aliphatic carbocycles. The predicted octanol–water partition coefficient (Wildman–Crippen LogP) is 2.70. The van der Waals surface area contributed by atoms with Crippen molar-refractivity contribution in [1.82, 2.24) is 14.4 Å². The normalized spacial score (nSPS) is 11.2. The molecular weight excluding hydrogens is 296 g/mol. The summed E-state index contributed by atoms with van der Waals surface area (Å²) in [6.45, 7) is 3.63. The number of rotatable bonds is 4. The Morgan fingerprint density at radius 3 is 2.87 bits per heavy atom. The molecule has 3 aromatic heterocycles. The Hall–Kier alpha value is -3.29. The zero-order valence-electron chi connectivity index (χ0n) is 12.6. The number of aryl methyl sites for hydroxylation is 2. The number of anilines is 1. The fourth-order valence-corrected chi connectivity index (χ4v) is 2.22. The fraction of sp³-hybridized carbons (Fsp3) is 0.133. The van der Waals surface area contributed by atoms with Gasteiger partial charge in [-0.15, -0.1) is 0 Å². The van der Waals surface area contributed by atoms with Gasteiger partial charge >= 0.3 is 5.69 Å². The lowest BCUT2D eigenvalue weighted by Gasteiger charge is -2.02. The van der Waals surface area contributed by atoms with Gasteiger partial charge in [-0.1, -0.05) is 6.07 Å². The van der Waals surface area contributed by atoms with E-state index in [0.29, 0.717) is 5.69 Å². The molecule has 8 heteroatoms. The van der Waals surface area contributed by atoms with Gasteiger partial charge in [-0.25, -0.2) is 9.97 Å². The van der Waals surface area contributed by atoms with Crippen LogP contribution in [0.3, 0.4) is 0 Å². The third kappa shape index (κ3) is 2.86. The molecule has 0 bridgehead atoms. The highest BCUT2D eigenvalue weighted by Gasteiger charge is 2.14. The maximum atomic E-state index is 11.0. The molecule has 0 unspecified atom stereocenters. The van der Waals surface area contributed by atoms with Crippen LogP contribution in [0.2, 0.25) is 0 Å². The largest absolute Gasteiger partial charge is 0.313 e. The van der Waals surface area contributed by atoms with Crippen molar-refractivity contribution in [3.05, 3.63) is 63.7 Å². The van der Waals surface area contributed by atoms with Crippen molar-refractivity contribution in [2.45, 2.75) is 13.8 Å². The molecule has 3 heterocycles. The van der Waals surface area contributed by atoms with Crippen molar-refractivity contribution in [2.24, 2.45) is 5.10 Å². The third-order valence-electron chi connectivity index (χ3n) is 3.32. The molecule has 0 fully saturated rings. The van der Waals surface area contributed by atoms with Gasteiger partial charge in [0.2, 0.25) is 5.82 Å². The lowest BCUT2D eigenvalue weighted by molar-refractivity contribution is -0.384. The van der Waals surface area contributed by atoms with E-state index >= 15 is 0 Å². The number of hydrogen-bond acceptors (Lipinski definition) is 6. The quantitative estimate of drug-likeness (QED) is 0.454. The second kappa shape index (κ2) is 5.84. The van der Waals surface area contributed by atoms with Crippen molar-refractivity contribution in [2.75, 3.05) is 5.43 Å². The molecule has 0 amide bonds. The number of pyridine rings is 2. The van der Waals surface area contributed by atoms with E-state index in [9.17, 15) is 10.1 Å². The smallest absolute Gasteiger partial charge is 0.298 e. The van der Waals surface area contributed by atoms with Gasteiger partial charge in [0.15, 0.2) is 0 Å². The van der Waals surface area contributed by atoms with Gasteiger partial charge in [-0.2, -0.15) is 5.10 Å². The molecule has 0 spiro atoms. The van der Waals surface area contributed by atoms with Gasteiger partial charge in [0.1, 0.15) is 5.65 Å². The first-order valence-corrected chi connectivity index (χ1v) is 6.91. The van der Waals surface area contributed by atoms with Crippen molar-refractivity contribution in [3.8, 4) is 0 Å². The number of fused-ring (bicyclic) bond motifs is 1. The average molecular weight is 310 g/mol. The van der Waals surface area contributed by atoms with Gasteiger partial charge < -0.3 is 0 Å². The van der Waals surface area contributed by atoms with E-state index in [1.54, 1.807) is 19.2 Å². The van der Waals surface area contributed by atoms with Gasteiger partial charge in [-0.05, 0) is 32.0 Å². The van der Waals surface area contributed by atoms with Crippen molar-refractivity contribution in [1.29, 1.82) is 0 Å². The highest BCUT2D eigenvalue weighted by atomic mass is 16.6. The van der Waals surface area contributed by atoms with E-state index in [1.807, 2.05) is 35.7 Å². The van der Waals surface area contributed by atoms with Crippen LogP contribution in [0.25, 0.3) is 5.65 Å². The summed E-state index contributed by atoms with van der Waals surface area (Å²) >= 11 is 0. The summed E-state index contributed by atoms with van der Waals surface area (Å²) in [6, 6.07) is 8.68. The number of nitro groups is 1. The Kier molecular flexibility index (Phi) is 3.71. The molecule has 0 saturated carbocycles. The fourth-order valence-electron chi connectivity index (χ4n) is 2.22. The second-order valence-electron chi connectivity index (χ2n) is 4.96. The van der Waals surface area contributed by atoms with Crippen LogP contribution >= 0.6 is 0 Å². The molecule has 0 radical (unpaired) electrons. The van der Waals surface area contributed by atoms with E-state index in [4.69, 9.17) is 0 Å². The van der Waals surface area contributed by atoms with Crippen molar-refractivity contribution in [3.63, 3.8) is 0 Å². The van der Waals surface area contributed by atoms with Crippen LogP contribution in [0.5, 0.6) is 0 Å². The van der Waals surface area contributed by atoms with Crippen LogP contribution in [0, 0.1) is 24.0 Å².